The van der Waals surface area contributed by atoms with Gasteiger partial charge in [-0.15, -0.1) is 0 Å². The maximum Gasteiger partial charge on any atom is 0.305 e. The molecule has 8 atom stereocenters. The maximum absolute atomic E-state index is 12.5. The first-order chi connectivity index (χ1) is 16.4. The zero-order valence-corrected chi connectivity index (χ0v) is 22.4. The van der Waals surface area contributed by atoms with E-state index in [1.807, 2.05) is 0 Å². The third-order valence-corrected chi connectivity index (χ3v) is 11.9. The second-order valence-electron chi connectivity index (χ2n) is 13.3. The van der Waals surface area contributed by atoms with Crippen LogP contribution in [0, 0.1) is 46.3 Å². The van der Waals surface area contributed by atoms with Crippen LogP contribution >= 0.6 is 0 Å². The Hall–Kier alpha value is -0.610. The predicted octanol–water partition coefficient (Wildman–Crippen LogP) is 6.33. The number of esters is 1. The Morgan fingerprint density at radius 2 is 1.76 bits per heavy atom. The molecule has 1 aliphatic heterocycles. The quantitative estimate of drug-likeness (QED) is 0.405. The van der Waals surface area contributed by atoms with Crippen LogP contribution in [0.15, 0.2) is 0 Å². The molecular formula is C30H51NO3. The Kier molecular flexibility index (Phi) is 7.67. The summed E-state index contributed by atoms with van der Waals surface area (Å²) in [4.78, 5) is 14.8. The summed E-state index contributed by atoms with van der Waals surface area (Å²) in [6, 6.07) is 0. The normalized spacial score (nSPS) is 43.4. The minimum absolute atomic E-state index is 0.00654. The lowest BCUT2D eigenvalue weighted by molar-refractivity contribution is -0.145. The summed E-state index contributed by atoms with van der Waals surface area (Å²) < 4.78 is 11.0. The molecule has 5 rings (SSSR count). The molecule has 1 heterocycles. The molecule has 5 aliphatic rings. The second-order valence-corrected chi connectivity index (χ2v) is 13.3. The van der Waals surface area contributed by atoms with Crippen molar-refractivity contribution in [2.45, 2.75) is 97.8 Å². The zero-order chi connectivity index (χ0) is 23.8. The van der Waals surface area contributed by atoms with E-state index in [4.69, 9.17) is 9.47 Å². The lowest BCUT2D eigenvalue weighted by Gasteiger charge is -2.61. The van der Waals surface area contributed by atoms with Gasteiger partial charge < -0.3 is 9.47 Å². The molecule has 0 unspecified atom stereocenters. The minimum atomic E-state index is 0.00654. The van der Waals surface area contributed by atoms with Gasteiger partial charge >= 0.3 is 5.97 Å². The van der Waals surface area contributed by atoms with Crippen LogP contribution in [-0.4, -0.2) is 50.3 Å². The number of morpholine rings is 1. The van der Waals surface area contributed by atoms with E-state index in [0.29, 0.717) is 29.8 Å². The molecule has 0 aromatic rings. The monoisotopic (exact) mass is 473 g/mol. The molecule has 194 valence electrons. The highest BCUT2D eigenvalue weighted by molar-refractivity contribution is 5.69. The van der Waals surface area contributed by atoms with E-state index in [2.05, 4.69) is 25.7 Å². The van der Waals surface area contributed by atoms with E-state index in [1.165, 1.54) is 64.2 Å². The molecule has 4 nitrogen and oxygen atoms in total. The van der Waals surface area contributed by atoms with Crippen LogP contribution in [0.5, 0.6) is 0 Å². The number of fused-ring (bicyclic) bond motifs is 5. The van der Waals surface area contributed by atoms with Gasteiger partial charge in [0.1, 0.15) is 6.61 Å². The summed E-state index contributed by atoms with van der Waals surface area (Å²) in [7, 11) is 0. The third kappa shape index (κ3) is 4.72. The highest BCUT2D eigenvalue weighted by Crippen LogP contribution is 2.68. The van der Waals surface area contributed by atoms with Crippen molar-refractivity contribution in [3.05, 3.63) is 0 Å². The van der Waals surface area contributed by atoms with E-state index in [-0.39, 0.29) is 5.97 Å². The highest BCUT2D eigenvalue weighted by atomic mass is 16.5. The van der Waals surface area contributed by atoms with E-state index in [1.54, 1.807) is 0 Å². The molecule has 0 N–H and O–H groups in total. The molecule has 0 aromatic carbocycles. The molecule has 0 spiro atoms. The van der Waals surface area contributed by atoms with E-state index < -0.39 is 0 Å². The van der Waals surface area contributed by atoms with Gasteiger partial charge in [-0.2, -0.15) is 0 Å². The summed E-state index contributed by atoms with van der Waals surface area (Å²) in [5.41, 5.74) is 1.13. The van der Waals surface area contributed by atoms with E-state index in [0.717, 1.165) is 68.9 Å². The molecule has 4 saturated carbocycles. The molecule has 5 fully saturated rings. The smallest absolute Gasteiger partial charge is 0.305 e. The Morgan fingerprint density at radius 3 is 2.59 bits per heavy atom. The van der Waals surface area contributed by atoms with Gasteiger partial charge in [0.15, 0.2) is 0 Å². The first kappa shape index (κ1) is 25.1. The molecular weight excluding hydrogens is 422 g/mol. The van der Waals surface area contributed by atoms with Crippen LogP contribution in [-0.2, 0) is 14.3 Å². The Balaban J connectivity index is 1.12. The fourth-order valence-electron chi connectivity index (χ4n) is 10.0. The molecule has 0 radical (unpaired) electrons. The molecule has 0 bridgehead atoms. The number of rotatable bonds is 7. The Morgan fingerprint density at radius 1 is 0.971 bits per heavy atom. The van der Waals surface area contributed by atoms with Gasteiger partial charge in [0.2, 0.25) is 0 Å². The average Bonchev–Trinajstić information content (AvgIpc) is 3.20. The van der Waals surface area contributed by atoms with Crippen molar-refractivity contribution in [3.63, 3.8) is 0 Å². The minimum Gasteiger partial charge on any atom is -0.464 e. The largest absolute Gasteiger partial charge is 0.464 e. The number of nitrogens with zero attached hydrogens (tertiary/aromatic N) is 1. The summed E-state index contributed by atoms with van der Waals surface area (Å²) in [6.45, 7) is 12.7. The van der Waals surface area contributed by atoms with Crippen LogP contribution < -0.4 is 0 Å². The van der Waals surface area contributed by atoms with Gasteiger partial charge in [0.05, 0.1) is 13.2 Å². The molecule has 1 saturated heterocycles. The summed E-state index contributed by atoms with van der Waals surface area (Å²) >= 11 is 0. The number of hydrogen-bond acceptors (Lipinski definition) is 4. The zero-order valence-electron chi connectivity index (χ0n) is 22.4. The SMILES string of the molecule is C[C@H](CCC(=O)OCCN1CCOCC1)[C@H]1CC[C@H]2[C@@H]3CC[C@@H]4CCCC[C@]4(C)[C@H]3CC[C@]12C. The van der Waals surface area contributed by atoms with Crippen LogP contribution in [0.4, 0.5) is 0 Å². The van der Waals surface area contributed by atoms with Crippen molar-refractivity contribution in [2.75, 3.05) is 39.5 Å². The van der Waals surface area contributed by atoms with Gasteiger partial charge in [-0.05, 0) is 104 Å². The van der Waals surface area contributed by atoms with Gasteiger partial charge in [-0.3, -0.25) is 9.69 Å². The van der Waals surface area contributed by atoms with Gasteiger partial charge in [0, 0.05) is 26.1 Å². The van der Waals surface area contributed by atoms with Gasteiger partial charge in [0.25, 0.3) is 0 Å². The van der Waals surface area contributed by atoms with E-state index >= 15 is 0 Å². The molecule has 4 aliphatic carbocycles. The summed E-state index contributed by atoms with van der Waals surface area (Å²) in [5.74, 6) is 5.32. The van der Waals surface area contributed by atoms with Crippen molar-refractivity contribution in [3.8, 4) is 0 Å². The first-order valence-electron chi connectivity index (χ1n) is 14.9. The average molecular weight is 474 g/mol. The van der Waals surface area contributed by atoms with E-state index in [9.17, 15) is 4.79 Å². The first-order valence-corrected chi connectivity index (χ1v) is 14.9. The standard InChI is InChI=1S/C30H51NO3/c1-22(7-12-28(32)34-21-18-31-16-19-33-20-17-31)25-10-11-26-24-9-8-23-6-4-5-14-29(23,2)27(24)13-15-30(25,26)3/h22-27H,4-21H2,1-3H3/t22-,23+,24+,25-,26+,27+,29+,30-/m1/s1. The van der Waals surface area contributed by atoms with Crippen LogP contribution in [0.25, 0.3) is 0 Å². The lowest BCUT2D eigenvalue weighted by Crippen LogP contribution is -2.53. The van der Waals surface area contributed by atoms with Gasteiger partial charge in [-0.1, -0.05) is 33.6 Å². The van der Waals surface area contributed by atoms with Crippen molar-refractivity contribution in [1.29, 1.82) is 0 Å². The van der Waals surface area contributed by atoms with Crippen LogP contribution in [0.3, 0.4) is 0 Å². The number of ether oxygens (including phenoxy) is 2. The molecule has 4 heteroatoms. The Labute approximate surface area is 208 Å². The lowest BCUT2D eigenvalue weighted by atomic mass is 9.44. The molecule has 0 amide bonds. The molecule has 0 aromatic heterocycles. The topological polar surface area (TPSA) is 38.8 Å². The number of carbonyl (C=O) groups is 1. The highest BCUT2D eigenvalue weighted by Gasteiger charge is 2.60. The maximum atomic E-state index is 12.5. The number of carbonyl (C=O) groups excluding carboxylic acids is 1. The Bertz CT molecular complexity index is 705. The van der Waals surface area contributed by atoms with Crippen molar-refractivity contribution in [1.82, 2.24) is 4.90 Å². The van der Waals surface area contributed by atoms with Gasteiger partial charge in [-0.25, -0.2) is 0 Å². The van der Waals surface area contributed by atoms with Crippen molar-refractivity contribution >= 4 is 5.97 Å². The second kappa shape index (κ2) is 10.4. The van der Waals surface area contributed by atoms with Crippen LogP contribution in [0.2, 0.25) is 0 Å². The third-order valence-electron chi connectivity index (χ3n) is 11.9. The summed E-state index contributed by atoms with van der Waals surface area (Å²) in [5, 5.41) is 0. The number of hydrogen-bond donors (Lipinski definition) is 0. The summed E-state index contributed by atoms with van der Waals surface area (Å²) in [6.07, 6.45) is 16.3. The fraction of sp³-hybridized carbons (Fsp3) is 0.967. The fourth-order valence-corrected chi connectivity index (χ4v) is 10.0. The predicted molar refractivity (Wildman–Crippen MR) is 136 cm³/mol. The van der Waals surface area contributed by atoms with Crippen LogP contribution in [0.1, 0.15) is 97.8 Å². The van der Waals surface area contributed by atoms with Crippen molar-refractivity contribution < 1.29 is 14.3 Å². The molecule has 34 heavy (non-hydrogen) atoms. The van der Waals surface area contributed by atoms with Crippen molar-refractivity contribution in [2.24, 2.45) is 46.3 Å².